The van der Waals surface area contributed by atoms with Gasteiger partial charge in [0.15, 0.2) is 11.6 Å². The fourth-order valence-corrected chi connectivity index (χ4v) is 2.77. The Morgan fingerprint density at radius 1 is 0.719 bits per heavy atom. The minimum atomic E-state index is -0.528. The van der Waals surface area contributed by atoms with Crippen molar-refractivity contribution in [3.8, 4) is 0 Å². The number of nitrogens with two attached hydrogens (primary N) is 1. The Labute approximate surface area is 183 Å². The lowest BCUT2D eigenvalue weighted by molar-refractivity contribution is -0.384. The van der Waals surface area contributed by atoms with Gasteiger partial charge in [-0.15, -0.1) is 0 Å². The van der Waals surface area contributed by atoms with Crippen molar-refractivity contribution in [1.82, 2.24) is 9.97 Å². The molecule has 4 aromatic rings. The lowest BCUT2D eigenvalue weighted by Gasteiger charge is -2.01. The second-order valence-corrected chi connectivity index (χ2v) is 6.57. The van der Waals surface area contributed by atoms with Crippen LogP contribution in [0.1, 0.15) is 31.8 Å². The van der Waals surface area contributed by atoms with Crippen LogP contribution >= 0.6 is 0 Å². The highest BCUT2D eigenvalue weighted by molar-refractivity contribution is 6.09. The van der Waals surface area contributed by atoms with Crippen LogP contribution in [0.5, 0.6) is 0 Å². The summed E-state index contributed by atoms with van der Waals surface area (Å²) in [5.74, 6) is -0.336. The number of nitrogens with zero attached hydrogens (tertiary/aromatic N) is 3. The smallest absolute Gasteiger partial charge is 0.270 e. The molecule has 2 aromatic carbocycles. The summed E-state index contributed by atoms with van der Waals surface area (Å²) in [5, 5.41) is 10.6. The molecule has 0 aliphatic carbocycles. The van der Waals surface area contributed by atoms with Crippen LogP contribution in [0.3, 0.4) is 0 Å². The Morgan fingerprint density at radius 2 is 1.22 bits per heavy atom. The average molecular weight is 426 g/mol. The van der Waals surface area contributed by atoms with Crippen LogP contribution in [-0.4, -0.2) is 26.5 Å². The van der Waals surface area contributed by atoms with Gasteiger partial charge in [-0.2, -0.15) is 0 Å². The predicted octanol–water partition coefficient (Wildman–Crippen LogP) is 4.12. The van der Waals surface area contributed by atoms with Gasteiger partial charge in [-0.25, -0.2) is 0 Å². The third-order valence-corrected chi connectivity index (χ3v) is 4.32. The first-order chi connectivity index (χ1) is 15.5. The number of hydrogen-bond donors (Lipinski definition) is 1. The highest BCUT2D eigenvalue weighted by Gasteiger charge is 2.13. The first-order valence-corrected chi connectivity index (χ1v) is 9.45. The van der Waals surface area contributed by atoms with Gasteiger partial charge in [0, 0.05) is 64.9 Å². The SMILES string of the molecule is Nc1cccc(C(=O)c2cccnc2)c1.O=C(c1cccnc1)c1cccc([N+](=O)[O-])c1. The van der Waals surface area contributed by atoms with Gasteiger partial charge in [0.2, 0.25) is 0 Å². The summed E-state index contributed by atoms with van der Waals surface area (Å²) >= 11 is 0. The van der Waals surface area contributed by atoms with Gasteiger partial charge in [0.05, 0.1) is 4.92 Å². The molecule has 8 heteroatoms. The number of nitrogen functional groups attached to an aromatic ring is 1. The van der Waals surface area contributed by atoms with Gasteiger partial charge in [0.25, 0.3) is 5.69 Å². The van der Waals surface area contributed by atoms with Crippen LogP contribution < -0.4 is 5.73 Å². The topological polar surface area (TPSA) is 129 Å². The summed E-state index contributed by atoms with van der Waals surface area (Å²) in [6, 6.07) is 19.3. The van der Waals surface area contributed by atoms with E-state index < -0.39 is 4.92 Å². The molecule has 0 atom stereocenters. The molecule has 158 valence electrons. The molecule has 2 aromatic heterocycles. The molecule has 0 saturated heterocycles. The first kappa shape index (κ1) is 22.0. The monoisotopic (exact) mass is 426 g/mol. The van der Waals surface area contributed by atoms with E-state index in [4.69, 9.17) is 5.73 Å². The molecule has 0 unspecified atom stereocenters. The molecule has 4 rings (SSSR count). The van der Waals surface area contributed by atoms with Crippen LogP contribution in [0.4, 0.5) is 11.4 Å². The largest absolute Gasteiger partial charge is 0.399 e. The molecular weight excluding hydrogens is 408 g/mol. The predicted molar refractivity (Wildman–Crippen MR) is 119 cm³/mol. The van der Waals surface area contributed by atoms with E-state index in [1.807, 2.05) is 0 Å². The molecule has 0 aliphatic rings. The zero-order valence-electron chi connectivity index (χ0n) is 16.8. The van der Waals surface area contributed by atoms with Crippen molar-refractivity contribution in [2.45, 2.75) is 0 Å². The van der Waals surface area contributed by atoms with Gasteiger partial charge in [0.1, 0.15) is 0 Å². The van der Waals surface area contributed by atoms with E-state index in [0.717, 1.165) is 0 Å². The molecule has 0 saturated carbocycles. The van der Waals surface area contributed by atoms with Crippen molar-refractivity contribution in [3.63, 3.8) is 0 Å². The summed E-state index contributed by atoms with van der Waals surface area (Å²) < 4.78 is 0. The Morgan fingerprint density at radius 3 is 1.69 bits per heavy atom. The summed E-state index contributed by atoms with van der Waals surface area (Å²) in [7, 11) is 0. The molecule has 0 bridgehead atoms. The minimum absolute atomic E-state index is 0.0598. The van der Waals surface area contributed by atoms with Crippen LogP contribution in [0.25, 0.3) is 0 Å². The van der Waals surface area contributed by atoms with Gasteiger partial charge in [-0.05, 0) is 36.4 Å². The molecule has 32 heavy (non-hydrogen) atoms. The highest BCUT2D eigenvalue weighted by atomic mass is 16.6. The molecule has 0 fully saturated rings. The molecule has 8 nitrogen and oxygen atoms in total. The van der Waals surface area contributed by atoms with Crippen LogP contribution in [-0.2, 0) is 0 Å². The van der Waals surface area contributed by atoms with E-state index in [1.54, 1.807) is 73.2 Å². The summed E-state index contributed by atoms with van der Waals surface area (Å²) in [6.07, 6.45) is 6.17. The number of carbonyl (C=O) groups is 2. The number of hydrogen-bond acceptors (Lipinski definition) is 7. The number of rotatable bonds is 5. The van der Waals surface area contributed by atoms with Gasteiger partial charge < -0.3 is 5.73 Å². The number of anilines is 1. The van der Waals surface area contributed by atoms with E-state index >= 15 is 0 Å². The Kier molecular flexibility index (Phi) is 7.11. The van der Waals surface area contributed by atoms with Gasteiger partial charge >= 0.3 is 0 Å². The summed E-state index contributed by atoms with van der Waals surface area (Å²) in [6.45, 7) is 0. The Bertz CT molecular complexity index is 1250. The van der Waals surface area contributed by atoms with Crippen molar-refractivity contribution in [2.24, 2.45) is 0 Å². The number of nitro benzene ring substituents is 1. The third-order valence-electron chi connectivity index (χ3n) is 4.32. The average Bonchev–Trinajstić information content (AvgIpc) is 2.84. The van der Waals surface area contributed by atoms with Crippen molar-refractivity contribution < 1.29 is 14.5 Å². The molecule has 0 amide bonds. The molecule has 0 spiro atoms. The van der Waals surface area contributed by atoms with Crippen LogP contribution in [0.15, 0.2) is 97.6 Å². The van der Waals surface area contributed by atoms with E-state index in [9.17, 15) is 19.7 Å². The lowest BCUT2D eigenvalue weighted by Crippen LogP contribution is -2.02. The molecule has 2 N–H and O–H groups in total. The fraction of sp³-hybridized carbons (Fsp3) is 0. The maximum absolute atomic E-state index is 12.0. The molecular formula is C24H18N4O4. The van der Waals surface area contributed by atoms with Crippen LogP contribution in [0, 0.1) is 10.1 Å². The molecule has 0 radical (unpaired) electrons. The number of non-ortho nitro benzene ring substituents is 1. The maximum atomic E-state index is 12.0. The van der Waals surface area contributed by atoms with Crippen molar-refractivity contribution in [3.05, 3.63) is 130 Å². The Hall–Kier alpha value is -4.72. The van der Waals surface area contributed by atoms with E-state index in [0.29, 0.717) is 22.4 Å². The number of ketones is 2. The van der Waals surface area contributed by atoms with Gasteiger partial charge in [-0.3, -0.25) is 29.7 Å². The van der Waals surface area contributed by atoms with Crippen molar-refractivity contribution >= 4 is 22.9 Å². The number of carbonyl (C=O) groups excluding carboxylic acids is 2. The normalized spacial score (nSPS) is 9.88. The second kappa shape index (κ2) is 10.4. The van der Waals surface area contributed by atoms with Gasteiger partial charge in [-0.1, -0.05) is 24.3 Å². The van der Waals surface area contributed by atoms with E-state index in [1.165, 1.54) is 24.4 Å². The highest BCUT2D eigenvalue weighted by Crippen LogP contribution is 2.16. The minimum Gasteiger partial charge on any atom is -0.399 e. The zero-order chi connectivity index (χ0) is 22.9. The number of nitro groups is 1. The summed E-state index contributed by atoms with van der Waals surface area (Å²) in [5.41, 5.74) is 7.95. The summed E-state index contributed by atoms with van der Waals surface area (Å²) in [4.78, 5) is 41.7. The molecule has 0 aliphatic heterocycles. The number of pyridine rings is 2. The molecule has 2 heterocycles. The zero-order valence-corrected chi connectivity index (χ0v) is 16.8. The fourth-order valence-electron chi connectivity index (χ4n) is 2.77. The number of aromatic nitrogens is 2. The van der Waals surface area contributed by atoms with E-state index in [-0.39, 0.29) is 22.8 Å². The Balaban J connectivity index is 0.000000182. The van der Waals surface area contributed by atoms with Crippen LogP contribution in [0.2, 0.25) is 0 Å². The van der Waals surface area contributed by atoms with Crippen molar-refractivity contribution in [1.29, 1.82) is 0 Å². The first-order valence-electron chi connectivity index (χ1n) is 9.45. The third kappa shape index (κ3) is 5.67. The lowest BCUT2D eigenvalue weighted by atomic mass is 10.0. The standard InChI is InChI=1S/C12H8N2O3.C12H10N2O/c15-12(10-4-2-6-13-8-10)9-3-1-5-11(7-9)14(16)17;13-11-5-1-3-9(7-11)12(15)10-4-2-6-14-8-10/h1-8H;1-8H,13H2. The maximum Gasteiger partial charge on any atom is 0.270 e. The quantitative estimate of drug-likeness (QED) is 0.220. The van der Waals surface area contributed by atoms with Crippen molar-refractivity contribution in [2.75, 3.05) is 5.73 Å². The van der Waals surface area contributed by atoms with E-state index in [2.05, 4.69) is 9.97 Å². The second-order valence-electron chi connectivity index (χ2n) is 6.57. The number of benzene rings is 2.